The van der Waals surface area contributed by atoms with E-state index in [1.165, 1.54) is 11.3 Å². The summed E-state index contributed by atoms with van der Waals surface area (Å²) in [4.78, 5) is 30.9. The number of aryl methyl sites for hydroxylation is 2. The molecular weight excluding hydrogens is 398 g/mol. The Morgan fingerprint density at radius 3 is 2.53 bits per heavy atom. The van der Waals surface area contributed by atoms with Crippen molar-refractivity contribution in [3.05, 3.63) is 54.6 Å². The van der Waals surface area contributed by atoms with Crippen molar-refractivity contribution >= 4 is 17.2 Å². The third-order valence-corrected chi connectivity index (χ3v) is 7.58. The van der Waals surface area contributed by atoms with Crippen LogP contribution in [0.5, 0.6) is 0 Å². The van der Waals surface area contributed by atoms with E-state index in [1.54, 1.807) is 0 Å². The maximum atomic E-state index is 12.8. The molecule has 0 saturated heterocycles. The van der Waals surface area contributed by atoms with Gasteiger partial charge in [-0.1, -0.05) is 0 Å². The summed E-state index contributed by atoms with van der Waals surface area (Å²) in [7, 11) is 4.23. The second-order valence-electron chi connectivity index (χ2n) is 8.74. The van der Waals surface area contributed by atoms with Crippen molar-refractivity contribution in [1.82, 2.24) is 15.2 Å². The fourth-order valence-electron chi connectivity index (χ4n) is 4.46. The Morgan fingerprint density at radius 2 is 1.93 bits per heavy atom. The number of aromatic amines is 1. The fraction of sp³-hybridized carbons (Fsp3) is 0.565. The van der Waals surface area contributed by atoms with Crippen LogP contribution >= 0.6 is 11.3 Å². The monoisotopic (exact) mass is 431 g/mol. The quantitative estimate of drug-likeness (QED) is 0.654. The maximum Gasteiger partial charge on any atom is 0.253 e. The van der Waals surface area contributed by atoms with Gasteiger partial charge in [-0.25, -0.2) is 0 Å². The predicted molar refractivity (Wildman–Crippen MR) is 121 cm³/mol. The van der Waals surface area contributed by atoms with Gasteiger partial charge in [-0.3, -0.25) is 9.59 Å². The molecule has 164 valence electrons. The van der Waals surface area contributed by atoms with Crippen LogP contribution in [0.2, 0.25) is 0 Å². The van der Waals surface area contributed by atoms with E-state index < -0.39 is 6.10 Å². The number of amides is 1. The van der Waals surface area contributed by atoms with E-state index in [-0.39, 0.29) is 23.9 Å². The van der Waals surface area contributed by atoms with Gasteiger partial charge in [-0.05, 0) is 83.7 Å². The molecule has 3 N–H and O–H groups in total. The molecule has 1 aliphatic carbocycles. The van der Waals surface area contributed by atoms with Crippen molar-refractivity contribution in [1.29, 1.82) is 0 Å². The van der Waals surface area contributed by atoms with E-state index in [9.17, 15) is 14.7 Å². The summed E-state index contributed by atoms with van der Waals surface area (Å²) in [6, 6.07) is 2.49. The van der Waals surface area contributed by atoms with Gasteiger partial charge in [0.2, 0.25) is 0 Å². The largest absolute Gasteiger partial charge is 0.387 e. The summed E-state index contributed by atoms with van der Waals surface area (Å²) in [5, 5.41) is 15.7. The van der Waals surface area contributed by atoms with Gasteiger partial charge < -0.3 is 20.3 Å². The molecule has 0 radical (unpaired) electrons. The van der Waals surface area contributed by atoms with Gasteiger partial charge in [-0.15, -0.1) is 11.3 Å². The standard InChI is InChI=1S/C23H33N3O3S/c1-13-10-14(2)25-23(29)18(13)11-24-22(28)19-12-30-21(15(19)3)20(27)16-6-8-17(9-7-16)26(4)5/h10,12,16-17,20,27H,6-9,11H2,1-5H3,(H,24,28)(H,25,29)/t16-,17-,20?. The number of hydrogen-bond donors (Lipinski definition) is 3. The smallest absolute Gasteiger partial charge is 0.253 e. The lowest BCUT2D eigenvalue weighted by molar-refractivity contribution is 0.0676. The highest BCUT2D eigenvalue weighted by Gasteiger charge is 2.30. The molecule has 0 aliphatic heterocycles. The van der Waals surface area contributed by atoms with Crippen LogP contribution in [-0.4, -0.2) is 41.0 Å². The lowest BCUT2D eigenvalue weighted by Crippen LogP contribution is -2.33. The van der Waals surface area contributed by atoms with Crippen molar-refractivity contribution in [2.45, 2.75) is 65.1 Å². The highest BCUT2D eigenvalue weighted by Crippen LogP contribution is 2.39. The Hall–Kier alpha value is -1.96. The second-order valence-corrected chi connectivity index (χ2v) is 9.65. The van der Waals surface area contributed by atoms with Crippen LogP contribution in [0.25, 0.3) is 0 Å². The number of carbonyl (C=O) groups excluding carboxylic acids is 1. The average Bonchev–Trinajstić information content (AvgIpc) is 3.08. The summed E-state index contributed by atoms with van der Waals surface area (Å²) < 4.78 is 0. The van der Waals surface area contributed by atoms with Crippen molar-refractivity contribution in [3.63, 3.8) is 0 Å². The van der Waals surface area contributed by atoms with E-state index in [4.69, 9.17) is 0 Å². The van der Waals surface area contributed by atoms with Gasteiger partial charge in [0.15, 0.2) is 0 Å². The molecule has 1 unspecified atom stereocenters. The molecule has 6 nitrogen and oxygen atoms in total. The van der Waals surface area contributed by atoms with Crippen LogP contribution in [0.1, 0.15) is 69.4 Å². The SMILES string of the molecule is Cc1cc(C)c(CNC(=O)c2csc(C(O)[C@H]3CC[C@H](N(C)C)CC3)c2C)c(=O)[nH]1. The highest BCUT2D eigenvalue weighted by atomic mass is 32.1. The van der Waals surface area contributed by atoms with E-state index in [0.717, 1.165) is 47.4 Å². The number of thiophene rings is 1. The van der Waals surface area contributed by atoms with E-state index in [1.807, 2.05) is 32.2 Å². The highest BCUT2D eigenvalue weighted by molar-refractivity contribution is 7.10. The van der Waals surface area contributed by atoms with Gasteiger partial charge >= 0.3 is 0 Å². The maximum absolute atomic E-state index is 12.8. The molecule has 1 saturated carbocycles. The zero-order valence-electron chi connectivity index (χ0n) is 18.5. The Morgan fingerprint density at radius 1 is 1.27 bits per heavy atom. The average molecular weight is 432 g/mol. The van der Waals surface area contributed by atoms with Crippen LogP contribution in [-0.2, 0) is 6.54 Å². The van der Waals surface area contributed by atoms with E-state index in [0.29, 0.717) is 17.2 Å². The minimum absolute atomic E-state index is 0.167. The number of carbonyl (C=O) groups is 1. The molecular formula is C23H33N3O3S. The molecule has 1 aliphatic rings. The fourth-order valence-corrected chi connectivity index (χ4v) is 5.61. The van der Waals surface area contributed by atoms with Crippen molar-refractivity contribution in [2.24, 2.45) is 5.92 Å². The summed E-state index contributed by atoms with van der Waals surface area (Å²) >= 11 is 1.45. The van der Waals surface area contributed by atoms with Gasteiger partial charge in [0.05, 0.1) is 11.7 Å². The van der Waals surface area contributed by atoms with Crippen molar-refractivity contribution in [3.8, 4) is 0 Å². The molecule has 2 heterocycles. The van der Waals surface area contributed by atoms with Crippen LogP contribution < -0.4 is 10.9 Å². The topological polar surface area (TPSA) is 85.4 Å². The first-order chi connectivity index (χ1) is 14.2. The molecule has 1 atom stereocenters. The van der Waals surface area contributed by atoms with E-state index in [2.05, 4.69) is 29.3 Å². The number of nitrogens with zero attached hydrogens (tertiary/aromatic N) is 1. The molecule has 0 bridgehead atoms. The molecule has 1 fully saturated rings. The molecule has 0 spiro atoms. The molecule has 2 aromatic heterocycles. The molecule has 7 heteroatoms. The first kappa shape index (κ1) is 22.7. The second kappa shape index (κ2) is 9.45. The van der Waals surface area contributed by atoms with Gasteiger partial charge in [0.1, 0.15) is 0 Å². The normalized spacial score (nSPS) is 20.4. The van der Waals surface area contributed by atoms with Gasteiger partial charge in [0.25, 0.3) is 11.5 Å². The zero-order valence-corrected chi connectivity index (χ0v) is 19.4. The predicted octanol–water partition coefficient (Wildman–Crippen LogP) is 3.45. The number of nitrogens with one attached hydrogen (secondary N) is 2. The lowest BCUT2D eigenvalue weighted by atomic mass is 9.81. The van der Waals surface area contributed by atoms with Gasteiger partial charge in [0, 0.05) is 34.1 Å². The minimum Gasteiger partial charge on any atom is -0.387 e. The van der Waals surface area contributed by atoms with Crippen LogP contribution in [0.4, 0.5) is 0 Å². The summed E-state index contributed by atoms with van der Waals surface area (Å²) in [5.74, 6) is 0.0288. The molecule has 2 aromatic rings. The Bertz CT molecular complexity index is 955. The van der Waals surface area contributed by atoms with E-state index >= 15 is 0 Å². The summed E-state index contributed by atoms with van der Waals surface area (Å²) in [6.07, 6.45) is 3.66. The van der Waals surface area contributed by atoms with Crippen molar-refractivity contribution in [2.75, 3.05) is 14.1 Å². The molecule has 30 heavy (non-hydrogen) atoms. The molecule has 3 rings (SSSR count). The Labute approximate surface area is 182 Å². The number of hydrogen-bond acceptors (Lipinski definition) is 5. The third kappa shape index (κ3) is 4.85. The van der Waals surface area contributed by atoms with Crippen LogP contribution in [0, 0.1) is 26.7 Å². The first-order valence-corrected chi connectivity index (χ1v) is 11.5. The number of rotatable bonds is 6. The third-order valence-electron chi connectivity index (χ3n) is 6.43. The van der Waals surface area contributed by atoms with Crippen LogP contribution in [0.3, 0.4) is 0 Å². The Kier molecular flexibility index (Phi) is 7.16. The minimum atomic E-state index is -0.526. The summed E-state index contributed by atoms with van der Waals surface area (Å²) in [5.41, 5.74) is 3.49. The molecule has 1 amide bonds. The lowest BCUT2D eigenvalue weighted by Gasteiger charge is -2.34. The summed E-state index contributed by atoms with van der Waals surface area (Å²) in [6.45, 7) is 5.80. The number of aliphatic hydroxyl groups excluding tert-OH is 1. The zero-order chi connectivity index (χ0) is 22.0. The Balaban J connectivity index is 1.66. The number of aliphatic hydroxyl groups is 1. The molecule has 0 aromatic carbocycles. The number of aromatic nitrogens is 1. The van der Waals surface area contributed by atoms with Crippen LogP contribution in [0.15, 0.2) is 16.2 Å². The first-order valence-electron chi connectivity index (χ1n) is 10.6. The number of pyridine rings is 1. The van der Waals surface area contributed by atoms with Gasteiger partial charge in [-0.2, -0.15) is 0 Å². The number of H-pyrrole nitrogens is 1. The van der Waals surface area contributed by atoms with Crippen molar-refractivity contribution < 1.29 is 9.90 Å².